The Morgan fingerprint density at radius 3 is 2.24 bits per heavy atom. The largest absolute Gasteiger partial charge is 0.478 e. The minimum atomic E-state index is -0.979. The van der Waals surface area contributed by atoms with E-state index in [0.29, 0.717) is 13.1 Å². The van der Waals surface area contributed by atoms with Crippen LogP contribution in [-0.4, -0.2) is 45.8 Å². The zero-order valence-electron chi connectivity index (χ0n) is 12.6. The summed E-state index contributed by atoms with van der Waals surface area (Å²) in [5.74, 6) is -0.979. The lowest BCUT2D eigenvalue weighted by Crippen LogP contribution is -2.46. The second-order valence-corrected chi connectivity index (χ2v) is 5.49. The van der Waals surface area contributed by atoms with Gasteiger partial charge >= 0.3 is 12.0 Å². The van der Waals surface area contributed by atoms with Crippen molar-refractivity contribution >= 4 is 12.0 Å². The smallest absolute Gasteiger partial charge is 0.335 e. The lowest BCUT2D eigenvalue weighted by atomic mass is 10.1. The molecule has 3 N–H and O–H groups in total. The van der Waals surface area contributed by atoms with Crippen LogP contribution in [0.25, 0.3) is 0 Å². The van der Waals surface area contributed by atoms with Crippen LogP contribution in [0, 0.1) is 0 Å². The van der Waals surface area contributed by atoms with E-state index in [1.807, 2.05) is 6.92 Å². The van der Waals surface area contributed by atoms with Crippen LogP contribution >= 0.6 is 0 Å². The van der Waals surface area contributed by atoms with E-state index in [2.05, 4.69) is 5.32 Å². The second-order valence-electron chi connectivity index (χ2n) is 5.49. The Labute approximate surface area is 124 Å². The summed E-state index contributed by atoms with van der Waals surface area (Å²) in [6.45, 7) is 6.18. The van der Waals surface area contributed by atoms with Crippen molar-refractivity contribution in [3.05, 3.63) is 35.4 Å². The van der Waals surface area contributed by atoms with Gasteiger partial charge in [-0.05, 0) is 38.5 Å². The maximum atomic E-state index is 12.0. The Morgan fingerprint density at radius 1 is 1.24 bits per heavy atom. The average Bonchev–Trinajstić information content (AvgIpc) is 2.41. The Kier molecular flexibility index (Phi) is 5.72. The van der Waals surface area contributed by atoms with E-state index in [1.165, 1.54) is 17.0 Å². The summed E-state index contributed by atoms with van der Waals surface area (Å²) in [5.41, 5.74) is 0.0752. The molecule has 0 aliphatic heterocycles. The van der Waals surface area contributed by atoms with Crippen LogP contribution in [0.5, 0.6) is 0 Å². The van der Waals surface area contributed by atoms with E-state index in [-0.39, 0.29) is 18.1 Å². The number of nitrogens with one attached hydrogen (secondary N) is 1. The predicted molar refractivity (Wildman–Crippen MR) is 79.2 cm³/mol. The average molecular weight is 294 g/mol. The topological polar surface area (TPSA) is 89.9 Å². The van der Waals surface area contributed by atoms with Crippen LogP contribution in [0.3, 0.4) is 0 Å². The van der Waals surface area contributed by atoms with Gasteiger partial charge in [0.1, 0.15) is 0 Å². The number of aromatic carboxylic acids is 1. The van der Waals surface area contributed by atoms with Crippen LogP contribution in [0.4, 0.5) is 4.79 Å². The third-order valence-electron chi connectivity index (χ3n) is 2.89. The molecule has 0 aliphatic carbocycles. The van der Waals surface area contributed by atoms with E-state index in [0.717, 1.165) is 5.56 Å². The van der Waals surface area contributed by atoms with Crippen LogP contribution in [0.2, 0.25) is 0 Å². The quantitative estimate of drug-likeness (QED) is 0.744. The van der Waals surface area contributed by atoms with E-state index in [9.17, 15) is 14.7 Å². The molecule has 2 amide bonds. The van der Waals surface area contributed by atoms with Crippen LogP contribution in [-0.2, 0) is 6.54 Å². The van der Waals surface area contributed by atoms with Crippen LogP contribution < -0.4 is 5.32 Å². The summed E-state index contributed by atoms with van der Waals surface area (Å²) < 4.78 is 0. The first kappa shape index (κ1) is 17.0. The molecule has 116 valence electrons. The molecule has 0 spiro atoms. The number of urea groups is 1. The fourth-order valence-corrected chi connectivity index (χ4v) is 1.85. The number of likely N-dealkylation sites (N-methyl/N-ethyl adjacent to an activating group) is 1. The number of aliphatic hydroxyl groups is 1. The molecule has 1 rings (SSSR count). The minimum Gasteiger partial charge on any atom is -0.478 e. The van der Waals surface area contributed by atoms with Crippen molar-refractivity contribution in [3.8, 4) is 0 Å². The summed E-state index contributed by atoms with van der Waals surface area (Å²) in [7, 11) is 0. The molecular formula is C15H22N2O4. The Bertz CT molecular complexity index is 491. The fourth-order valence-electron chi connectivity index (χ4n) is 1.85. The Morgan fingerprint density at radius 2 is 1.81 bits per heavy atom. The highest BCUT2D eigenvalue weighted by atomic mass is 16.4. The summed E-state index contributed by atoms with van der Waals surface area (Å²) in [6.07, 6.45) is 0. The maximum Gasteiger partial charge on any atom is 0.335 e. The highest BCUT2D eigenvalue weighted by molar-refractivity contribution is 5.87. The number of carboxylic acids is 1. The molecule has 0 aromatic heterocycles. The summed E-state index contributed by atoms with van der Waals surface area (Å²) >= 11 is 0. The van der Waals surface area contributed by atoms with Crippen molar-refractivity contribution in [2.75, 3.05) is 13.1 Å². The van der Waals surface area contributed by atoms with Gasteiger partial charge in [-0.3, -0.25) is 0 Å². The third-order valence-corrected chi connectivity index (χ3v) is 2.89. The molecule has 0 atom stereocenters. The molecule has 6 nitrogen and oxygen atoms in total. The van der Waals surface area contributed by atoms with Gasteiger partial charge in [0, 0.05) is 13.1 Å². The molecule has 0 unspecified atom stereocenters. The number of carbonyl (C=O) groups is 2. The van der Waals surface area contributed by atoms with Gasteiger partial charge in [-0.2, -0.15) is 0 Å². The maximum absolute atomic E-state index is 12.0. The molecule has 6 heteroatoms. The monoisotopic (exact) mass is 294 g/mol. The SMILES string of the molecule is CCN(CC(C)(C)O)C(=O)NCc1ccc(C(=O)O)cc1. The van der Waals surface area contributed by atoms with Gasteiger partial charge in [-0.1, -0.05) is 12.1 Å². The van der Waals surface area contributed by atoms with Gasteiger partial charge in [0.15, 0.2) is 0 Å². The molecule has 0 heterocycles. The van der Waals surface area contributed by atoms with Gasteiger partial charge in [0.25, 0.3) is 0 Å². The number of carbonyl (C=O) groups excluding carboxylic acids is 1. The third kappa shape index (κ3) is 5.83. The number of benzene rings is 1. The van der Waals surface area contributed by atoms with Crippen molar-refractivity contribution in [3.63, 3.8) is 0 Å². The van der Waals surface area contributed by atoms with Crippen molar-refractivity contribution < 1.29 is 19.8 Å². The standard InChI is InChI=1S/C15H22N2O4/c1-4-17(10-15(2,3)21)14(20)16-9-11-5-7-12(8-6-11)13(18)19/h5-8,21H,4,9-10H2,1-3H3,(H,16,20)(H,18,19). The van der Waals surface area contributed by atoms with Gasteiger partial charge < -0.3 is 20.4 Å². The molecule has 0 saturated heterocycles. The highest BCUT2D eigenvalue weighted by Crippen LogP contribution is 2.07. The number of carboxylic acid groups (broad SMARTS) is 1. The summed E-state index contributed by atoms with van der Waals surface area (Å²) in [6, 6.07) is 6.06. The first-order valence-electron chi connectivity index (χ1n) is 6.80. The molecule has 0 radical (unpaired) electrons. The van der Waals surface area contributed by atoms with Gasteiger partial charge in [0.05, 0.1) is 17.7 Å². The lowest BCUT2D eigenvalue weighted by molar-refractivity contribution is 0.0479. The summed E-state index contributed by atoms with van der Waals surface area (Å²) in [5, 5.41) is 21.3. The number of amides is 2. The first-order valence-corrected chi connectivity index (χ1v) is 6.80. The number of hydrogen-bond acceptors (Lipinski definition) is 3. The van der Waals surface area contributed by atoms with Crippen LogP contribution in [0.1, 0.15) is 36.7 Å². The van der Waals surface area contributed by atoms with Gasteiger partial charge in [-0.15, -0.1) is 0 Å². The van der Waals surface area contributed by atoms with E-state index in [1.54, 1.807) is 26.0 Å². The Hall–Kier alpha value is -2.08. The Balaban J connectivity index is 2.57. The second kappa shape index (κ2) is 7.08. The highest BCUT2D eigenvalue weighted by Gasteiger charge is 2.20. The normalized spacial score (nSPS) is 11.0. The summed E-state index contributed by atoms with van der Waals surface area (Å²) in [4.78, 5) is 24.3. The lowest BCUT2D eigenvalue weighted by Gasteiger charge is -2.28. The van der Waals surface area contributed by atoms with Gasteiger partial charge in [0.2, 0.25) is 0 Å². The first-order chi connectivity index (χ1) is 9.73. The molecule has 1 aromatic carbocycles. The minimum absolute atomic E-state index is 0.210. The van der Waals surface area contributed by atoms with Crippen molar-refractivity contribution in [1.82, 2.24) is 10.2 Å². The number of rotatable bonds is 6. The zero-order chi connectivity index (χ0) is 16.0. The van der Waals surface area contributed by atoms with Crippen LogP contribution in [0.15, 0.2) is 24.3 Å². The predicted octanol–water partition coefficient (Wildman–Crippen LogP) is 1.69. The number of nitrogens with zero attached hydrogens (tertiary/aromatic N) is 1. The molecule has 0 bridgehead atoms. The molecule has 1 aromatic rings. The van der Waals surface area contributed by atoms with Gasteiger partial charge in [-0.25, -0.2) is 9.59 Å². The molecular weight excluding hydrogens is 272 g/mol. The molecule has 0 saturated carbocycles. The van der Waals surface area contributed by atoms with E-state index >= 15 is 0 Å². The van der Waals surface area contributed by atoms with E-state index < -0.39 is 11.6 Å². The van der Waals surface area contributed by atoms with E-state index in [4.69, 9.17) is 5.11 Å². The number of hydrogen-bond donors (Lipinski definition) is 3. The molecule has 0 aliphatic rings. The van der Waals surface area contributed by atoms with Crippen molar-refractivity contribution in [2.45, 2.75) is 32.9 Å². The zero-order valence-corrected chi connectivity index (χ0v) is 12.6. The fraction of sp³-hybridized carbons (Fsp3) is 0.467. The van der Waals surface area contributed by atoms with Crippen molar-refractivity contribution in [2.24, 2.45) is 0 Å². The van der Waals surface area contributed by atoms with Crippen molar-refractivity contribution in [1.29, 1.82) is 0 Å². The molecule has 0 fully saturated rings. The molecule has 21 heavy (non-hydrogen) atoms.